The van der Waals surface area contributed by atoms with Gasteiger partial charge in [-0.2, -0.15) is 0 Å². The number of hydrogen-bond acceptors (Lipinski definition) is 1. The van der Waals surface area contributed by atoms with Gasteiger partial charge in [0.25, 0.3) is 0 Å². The van der Waals surface area contributed by atoms with Crippen LogP contribution >= 0.6 is 11.6 Å². The van der Waals surface area contributed by atoms with E-state index in [1.807, 2.05) is 20.8 Å². The topological polar surface area (TPSA) is 9.23 Å². The summed E-state index contributed by atoms with van der Waals surface area (Å²) in [6.45, 7) is 6.71. The van der Waals surface area contributed by atoms with Gasteiger partial charge in [0.2, 0.25) is 0 Å². The van der Waals surface area contributed by atoms with E-state index < -0.39 is 0 Å². The van der Waals surface area contributed by atoms with Crippen LogP contribution in [0.25, 0.3) is 0 Å². The number of alkyl halides is 1. The van der Waals surface area contributed by atoms with Gasteiger partial charge in [0, 0.05) is 6.61 Å². The second-order valence-electron chi connectivity index (χ2n) is 2.05. The van der Waals surface area contributed by atoms with E-state index in [-0.39, 0.29) is 5.56 Å². The lowest BCUT2D eigenvalue weighted by Gasteiger charge is -2.11. The van der Waals surface area contributed by atoms with Crippen molar-refractivity contribution in [2.24, 2.45) is 5.92 Å². The van der Waals surface area contributed by atoms with Crippen LogP contribution in [0, 0.1) is 5.92 Å². The SMILES string of the molecule is CCOC(Cl)C(C)C. The molecule has 0 amide bonds. The van der Waals surface area contributed by atoms with E-state index in [9.17, 15) is 0 Å². The van der Waals surface area contributed by atoms with Crippen LogP contribution in [-0.2, 0) is 4.74 Å². The highest BCUT2D eigenvalue weighted by Crippen LogP contribution is 2.09. The Labute approximate surface area is 56.0 Å². The third-order valence-electron chi connectivity index (χ3n) is 0.850. The molecule has 0 radical (unpaired) electrons. The molecule has 0 saturated carbocycles. The lowest BCUT2D eigenvalue weighted by Crippen LogP contribution is -2.11. The Morgan fingerprint density at radius 2 is 2.00 bits per heavy atom. The Kier molecular flexibility index (Phi) is 4.29. The van der Waals surface area contributed by atoms with Crippen LogP contribution in [0.15, 0.2) is 0 Å². The maximum Gasteiger partial charge on any atom is 0.133 e. The summed E-state index contributed by atoms with van der Waals surface area (Å²) >= 11 is 5.69. The van der Waals surface area contributed by atoms with Gasteiger partial charge < -0.3 is 4.74 Å². The van der Waals surface area contributed by atoms with Gasteiger partial charge in [-0.1, -0.05) is 25.4 Å². The van der Waals surface area contributed by atoms with E-state index >= 15 is 0 Å². The summed E-state index contributed by atoms with van der Waals surface area (Å²) in [5, 5.41) is 0. The molecule has 1 unspecified atom stereocenters. The molecule has 0 heterocycles. The Morgan fingerprint density at radius 1 is 1.50 bits per heavy atom. The molecule has 50 valence electrons. The second-order valence-corrected chi connectivity index (χ2v) is 2.48. The molecule has 0 aliphatic rings. The van der Waals surface area contributed by atoms with Gasteiger partial charge in [0.05, 0.1) is 0 Å². The van der Waals surface area contributed by atoms with Gasteiger partial charge in [0.1, 0.15) is 5.56 Å². The Balaban J connectivity index is 3.17. The van der Waals surface area contributed by atoms with Crippen LogP contribution in [0.1, 0.15) is 20.8 Å². The molecule has 0 spiro atoms. The summed E-state index contributed by atoms with van der Waals surface area (Å²) < 4.78 is 5.07. The minimum Gasteiger partial charge on any atom is -0.363 e. The van der Waals surface area contributed by atoms with Crippen LogP contribution in [0.3, 0.4) is 0 Å². The normalized spacial score (nSPS) is 14.6. The van der Waals surface area contributed by atoms with Gasteiger partial charge >= 0.3 is 0 Å². The molecule has 0 aromatic rings. The molecule has 0 fully saturated rings. The molecule has 0 bridgehead atoms. The first-order chi connectivity index (χ1) is 3.68. The summed E-state index contributed by atoms with van der Waals surface area (Å²) in [5.41, 5.74) is -0.111. The highest BCUT2D eigenvalue weighted by molar-refractivity contribution is 6.19. The highest BCUT2D eigenvalue weighted by atomic mass is 35.5. The molecular weight excluding hydrogens is 124 g/mol. The standard InChI is InChI=1S/C6H13ClO/c1-4-8-6(7)5(2)3/h5-6H,4H2,1-3H3. The first-order valence-electron chi connectivity index (χ1n) is 2.94. The Bertz CT molecular complexity index is 54.5. The lowest BCUT2D eigenvalue weighted by atomic mass is 10.2. The molecule has 2 heteroatoms. The summed E-state index contributed by atoms with van der Waals surface area (Å²) in [6.07, 6.45) is 0. The molecule has 0 rings (SSSR count). The number of rotatable bonds is 3. The highest BCUT2D eigenvalue weighted by Gasteiger charge is 2.06. The predicted octanol–water partition coefficient (Wildman–Crippen LogP) is 2.24. The maximum atomic E-state index is 5.69. The summed E-state index contributed by atoms with van der Waals surface area (Å²) in [4.78, 5) is 0. The average molecular weight is 137 g/mol. The van der Waals surface area contributed by atoms with Crippen molar-refractivity contribution in [2.75, 3.05) is 6.61 Å². The molecule has 1 atom stereocenters. The predicted molar refractivity (Wildman–Crippen MR) is 36.1 cm³/mol. The van der Waals surface area contributed by atoms with Crippen LogP contribution in [0.2, 0.25) is 0 Å². The molecule has 0 aliphatic heterocycles. The molecule has 0 aliphatic carbocycles. The average Bonchev–Trinajstić information content (AvgIpc) is 1.67. The van der Waals surface area contributed by atoms with Crippen molar-refractivity contribution >= 4 is 11.6 Å². The minimum absolute atomic E-state index is 0.111. The quantitative estimate of drug-likeness (QED) is 0.541. The van der Waals surface area contributed by atoms with Gasteiger partial charge in [-0.15, -0.1) is 0 Å². The first kappa shape index (κ1) is 8.25. The smallest absolute Gasteiger partial charge is 0.133 e. The van der Waals surface area contributed by atoms with Crippen molar-refractivity contribution in [3.05, 3.63) is 0 Å². The van der Waals surface area contributed by atoms with Crippen molar-refractivity contribution in [3.8, 4) is 0 Å². The maximum absolute atomic E-state index is 5.69. The van der Waals surface area contributed by atoms with Gasteiger partial charge in [-0.25, -0.2) is 0 Å². The Hall–Kier alpha value is 0.250. The zero-order chi connectivity index (χ0) is 6.57. The van der Waals surface area contributed by atoms with Crippen molar-refractivity contribution in [3.63, 3.8) is 0 Å². The largest absolute Gasteiger partial charge is 0.363 e. The van der Waals surface area contributed by atoms with Crippen molar-refractivity contribution in [1.29, 1.82) is 0 Å². The van der Waals surface area contributed by atoms with E-state index in [1.165, 1.54) is 0 Å². The fourth-order valence-corrected chi connectivity index (χ4v) is 0.478. The molecule has 8 heavy (non-hydrogen) atoms. The molecular formula is C6H13ClO. The van der Waals surface area contributed by atoms with E-state index in [1.54, 1.807) is 0 Å². The number of ether oxygens (including phenoxy) is 1. The molecule has 0 aromatic heterocycles. The van der Waals surface area contributed by atoms with Crippen LogP contribution in [-0.4, -0.2) is 12.2 Å². The zero-order valence-corrected chi connectivity index (χ0v) is 6.40. The van der Waals surface area contributed by atoms with Gasteiger partial charge in [0.15, 0.2) is 0 Å². The summed E-state index contributed by atoms with van der Waals surface area (Å²) in [5.74, 6) is 0.414. The number of halogens is 1. The van der Waals surface area contributed by atoms with Crippen molar-refractivity contribution < 1.29 is 4.74 Å². The molecule has 0 aromatic carbocycles. The van der Waals surface area contributed by atoms with E-state index in [2.05, 4.69) is 0 Å². The first-order valence-corrected chi connectivity index (χ1v) is 3.37. The zero-order valence-electron chi connectivity index (χ0n) is 5.65. The van der Waals surface area contributed by atoms with Gasteiger partial charge in [-0.05, 0) is 12.8 Å². The fraction of sp³-hybridized carbons (Fsp3) is 1.00. The monoisotopic (exact) mass is 136 g/mol. The molecule has 1 nitrogen and oxygen atoms in total. The third kappa shape index (κ3) is 3.28. The van der Waals surface area contributed by atoms with Crippen molar-refractivity contribution in [2.45, 2.75) is 26.3 Å². The van der Waals surface area contributed by atoms with Gasteiger partial charge in [-0.3, -0.25) is 0 Å². The van der Waals surface area contributed by atoms with Crippen LogP contribution < -0.4 is 0 Å². The third-order valence-corrected chi connectivity index (χ3v) is 1.48. The van der Waals surface area contributed by atoms with Crippen LogP contribution in [0.5, 0.6) is 0 Å². The molecule has 0 N–H and O–H groups in total. The van der Waals surface area contributed by atoms with Crippen LogP contribution in [0.4, 0.5) is 0 Å². The van der Waals surface area contributed by atoms with Crippen molar-refractivity contribution in [1.82, 2.24) is 0 Å². The summed E-state index contributed by atoms with van der Waals surface area (Å²) in [6, 6.07) is 0. The second kappa shape index (κ2) is 4.16. The number of hydrogen-bond donors (Lipinski definition) is 0. The Morgan fingerprint density at radius 3 is 2.12 bits per heavy atom. The van der Waals surface area contributed by atoms with E-state index in [4.69, 9.17) is 16.3 Å². The fourth-order valence-electron chi connectivity index (χ4n) is 0.352. The minimum atomic E-state index is -0.111. The van der Waals surface area contributed by atoms with E-state index in [0.717, 1.165) is 0 Å². The van der Waals surface area contributed by atoms with E-state index in [0.29, 0.717) is 12.5 Å². The summed E-state index contributed by atoms with van der Waals surface area (Å²) in [7, 11) is 0. The molecule has 0 saturated heterocycles. The lowest BCUT2D eigenvalue weighted by molar-refractivity contribution is 0.0889.